The summed E-state index contributed by atoms with van der Waals surface area (Å²) in [5, 5.41) is 8.55. The van der Waals surface area contributed by atoms with Crippen LogP contribution in [0.25, 0.3) is 6.08 Å². The van der Waals surface area contributed by atoms with Crippen molar-refractivity contribution in [2.24, 2.45) is 0 Å². The van der Waals surface area contributed by atoms with Gasteiger partial charge in [-0.05, 0) is 24.1 Å². The van der Waals surface area contributed by atoms with Crippen molar-refractivity contribution in [2.75, 3.05) is 6.61 Å². The van der Waals surface area contributed by atoms with E-state index in [1.165, 1.54) is 0 Å². The second-order valence-corrected chi connectivity index (χ2v) is 2.68. The van der Waals surface area contributed by atoms with Crippen LogP contribution in [0.3, 0.4) is 0 Å². The van der Waals surface area contributed by atoms with Crippen molar-refractivity contribution in [2.45, 2.75) is 6.42 Å². The van der Waals surface area contributed by atoms with Gasteiger partial charge in [0.25, 0.3) is 0 Å². The van der Waals surface area contributed by atoms with Crippen LogP contribution in [0.15, 0.2) is 30.3 Å². The van der Waals surface area contributed by atoms with Gasteiger partial charge in [-0.3, -0.25) is 0 Å². The van der Waals surface area contributed by atoms with Crippen LogP contribution in [0.5, 0.6) is 0 Å². The van der Waals surface area contributed by atoms with Gasteiger partial charge in [-0.15, -0.1) is 6.42 Å². The first-order chi connectivity index (χ1) is 6.36. The largest absolute Gasteiger partial charge is 0.396 e. The normalized spacial score (nSPS) is 10.2. The van der Waals surface area contributed by atoms with E-state index in [1.54, 1.807) is 0 Å². The number of aliphatic hydroxyl groups excluding tert-OH is 1. The molecular formula is C12H12O. The molecule has 0 heterocycles. The molecule has 0 amide bonds. The van der Waals surface area contributed by atoms with Crippen molar-refractivity contribution in [3.63, 3.8) is 0 Å². The van der Waals surface area contributed by atoms with Crippen molar-refractivity contribution in [1.82, 2.24) is 0 Å². The van der Waals surface area contributed by atoms with Gasteiger partial charge in [-0.25, -0.2) is 0 Å². The fourth-order valence-corrected chi connectivity index (χ4v) is 0.984. The van der Waals surface area contributed by atoms with Gasteiger partial charge < -0.3 is 5.11 Å². The van der Waals surface area contributed by atoms with Crippen LogP contribution in [0.4, 0.5) is 0 Å². The average molecular weight is 172 g/mol. The van der Waals surface area contributed by atoms with Crippen LogP contribution >= 0.6 is 0 Å². The summed E-state index contributed by atoms with van der Waals surface area (Å²) in [6.07, 6.45) is 9.82. The lowest BCUT2D eigenvalue weighted by Crippen LogP contribution is -1.77. The van der Waals surface area contributed by atoms with E-state index in [0.29, 0.717) is 6.42 Å². The standard InChI is InChI=1S/C12H12O/c1-2-11-6-8-12(9-7-11)5-3-4-10-13/h1,3,5-9,13H,4,10H2. The number of hydrogen-bond donors (Lipinski definition) is 1. The molecule has 0 fully saturated rings. The lowest BCUT2D eigenvalue weighted by atomic mass is 10.1. The first-order valence-electron chi connectivity index (χ1n) is 4.21. The molecule has 0 saturated heterocycles. The molecule has 0 aliphatic heterocycles. The van der Waals surface area contributed by atoms with E-state index in [0.717, 1.165) is 11.1 Å². The molecule has 0 bridgehead atoms. The van der Waals surface area contributed by atoms with E-state index < -0.39 is 0 Å². The molecule has 0 aromatic heterocycles. The van der Waals surface area contributed by atoms with Crippen molar-refractivity contribution in [3.05, 3.63) is 41.5 Å². The molecule has 1 rings (SSSR count). The predicted octanol–water partition coefficient (Wildman–Crippen LogP) is 2.06. The molecule has 1 N–H and O–H groups in total. The molecule has 66 valence electrons. The molecule has 1 heteroatoms. The zero-order chi connectivity index (χ0) is 9.52. The third-order valence-electron chi connectivity index (χ3n) is 1.68. The highest BCUT2D eigenvalue weighted by Gasteiger charge is 1.86. The van der Waals surface area contributed by atoms with Gasteiger partial charge in [0.2, 0.25) is 0 Å². The number of terminal acetylenes is 1. The highest BCUT2D eigenvalue weighted by molar-refractivity contribution is 5.51. The number of benzene rings is 1. The molecule has 0 radical (unpaired) electrons. The number of hydrogen-bond acceptors (Lipinski definition) is 1. The lowest BCUT2D eigenvalue weighted by Gasteiger charge is -1.93. The Morgan fingerprint density at radius 2 is 2.00 bits per heavy atom. The first kappa shape index (κ1) is 9.57. The van der Waals surface area contributed by atoms with E-state index in [9.17, 15) is 0 Å². The van der Waals surface area contributed by atoms with E-state index >= 15 is 0 Å². The maximum atomic E-state index is 8.55. The Labute approximate surface area is 78.7 Å². The fraction of sp³-hybridized carbons (Fsp3) is 0.167. The van der Waals surface area contributed by atoms with Crippen molar-refractivity contribution < 1.29 is 5.11 Å². The van der Waals surface area contributed by atoms with Gasteiger partial charge in [-0.2, -0.15) is 0 Å². The molecular weight excluding hydrogens is 160 g/mol. The fourth-order valence-electron chi connectivity index (χ4n) is 0.984. The van der Waals surface area contributed by atoms with E-state index in [1.807, 2.05) is 36.4 Å². The number of rotatable bonds is 3. The topological polar surface area (TPSA) is 20.2 Å². The van der Waals surface area contributed by atoms with Gasteiger partial charge in [0.05, 0.1) is 0 Å². The summed E-state index contributed by atoms with van der Waals surface area (Å²) in [5.41, 5.74) is 1.99. The highest BCUT2D eigenvalue weighted by atomic mass is 16.2. The Bertz CT molecular complexity index is 314. The second kappa shape index (κ2) is 5.18. The Kier molecular flexibility index (Phi) is 3.81. The van der Waals surface area contributed by atoms with Crippen molar-refractivity contribution in [3.8, 4) is 12.3 Å². The Balaban J connectivity index is 2.65. The highest BCUT2D eigenvalue weighted by Crippen LogP contribution is 2.05. The summed E-state index contributed by atoms with van der Waals surface area (Å²) in [6.45, 7) is 0.193. The van der Waals surface area contributed by atoms with Gasteiger partial charge in [0, 0.05) is 12.2 Å². The van der Waals surface area contributed by atoms with E-state index in [-0.39, 0.29) is 6.61 Å². The molecule has 13 heavy (non-hydrogen) atoms. The van der Waals surface area contributed by atoms with Crippen molar-refractivity contribution >= 4 is 6.08 Å². The minimum Gasteiger partial charge on any atom is -0.396 e. The summed E-state index contributed by atoms with van der Waals surface area (Å²) in [7, 11) is 0. The first-order valence-corrected chi connectivity index (χ1v) is 4.21. The smallest absolute Gasteiger partial charge is 0.0465 e. The Morgan fingerprint density at radius 1 is 1.31 bits per heavy atom. The lowest BCUT2D eigenvalue weighted by molar-refractivity contribution is 0.303. The van der Waals surface area contributed by atoms with Crippen LogP contribution in [-0.2, 0) is 0 Å². The van der Waals surface area contributed by atoms with Crippen LogP contribution in [0.2, 0.25) is 0 Å². The zero-order valence-electron chi connectivity index (χ0n) is 7.40. The Hall–Kier alpha value is -1.52. The average Bonchev–Trinajstić information content (AvgIpc) is 2.19. The molecule has 1 aromatic rings. The SMILES string of the molecule is C#Cc1ccc(C=CCCO)cc1. The van der Waals surface area contributed by atoms with Gasteiger partial charge in [-0.1, -0.05) is 30.2 Å². The van der Waals surface area contributed by atoms with Crippen LogP contribution in [0, 0.1) is 12.3 Å². The third kappa shape index (κ3) is 3.14. The summed E-state index contributed by atoms with van der Waals surface area (Å²) in [5.74, 6) is 2.56. The van der Waals surface area contributed by atoms with Gasteiger partial charge in [0.15, 0.2) is 0 Å². The maximum Gasteiger partial charge on any atom is 0.0465 e. The zero-order valence-corrected chi connectivity index (χ0v) is 7.40. The molecule has 0 unspecified atom stereocenters. The second-order valence-electron chi connectivity index (χ2n) is 2.68. The summed E-state index contributed by atoms with van der Waals surface area (Å²) < 4.78 is 0. The van der Waals surface area contributed by atoms with Crippen LogP contribution in [-0.4, -0.2) is 11.7 Å². The molecule has 0 saturated carbocycles. The number of aliphatic hydroxyl groups is 1. The van der Waals surface area contributed by atoms with Crippen molar-refractivity contribution in [1.29, 1.82) is 0 Å². The molecule has 0 aliphatic rings. The molecule has 0 atom stereocenters. The predicted molar refractivity (Wildman–Crippen MR) is 55.1 cm³/mol. The third-order valence-corrected chi connectivity index (χ3v) is 1.68. The summed E-state index contributed by atoms with van der Waals surface area (Å²) in [4.78, 5) is 0. The van der Waals surface area contributed by atoms with E-state index in [2.05, 4.69) is 5.92 Å². The molecule has 0 spiro atoms. The minimum absolute atomic E-state index is 0.193. The van der Waals surface area contributed by atoms with Gasteiger partial charge >= 0.3 is 0 Å². The van der Waals surface area contributed by atoms with Gasteiger partial charge in [0.1, 0.15) is 0 Å². The Morgan fingerprint density at radius 3 is 2.54 bits per heavy atom. The summed E-state index contributed by atoms with van der Waals surface area (Å²) >= 11 is 0. The molecule has 1 nitrogen and oxygen atoms in total. The maximum absolute atomic E-state index is 8.55. The quantitative estimate of drug-likeness (QED) is 0.692. The molecule has 0 aliphatic carbocycles. The minimum atomic E-state index is 0.193. The molecule has 1 aromatic carbocycles. The van der Waals surface area contributed by atoms with Crippen LogP contribution < -0.4 is 0 Å². The summed E-state index contributed by atoms with van der Waals surface area (Å²) in [6, 6.07) is 7.73. The van der Waals surface area contributed by atoms with E-state index in [4.69, 9.17) is 11.5 Å². The van der Waals surface area contributed by atoms with Crippen LogP contribution in [0.1, 0.15) is 17.5 Å². The monoisotopic (exact) mass is 172 g/mol.